The number of aryl methyl sites for hydroxylation is 1. The summed E-state index contributed by atoms with van der Waals surface area (Å²) in [7, 11) is 1.59. The fourth-order valence-corrected chi connectivity index (χ4v) is 2.78. The van der Waals surface area contributed by atoms with Crippen LogP contribution in [0.4, 0.5) is 10.1 Å². The van der Waals surface area contributed by atoms with Gasteiger partial charge >= 0.3 is 0 Å². The molecule has 0 unspecified atom stereocenters. The second kappa shape index (κ2) is 5.85. The number of ether oxygens (including phenoxy) is 1. The average molecular weight is 308 g/mol. The molecule has 0 N–H and O–H groups in total. The number of rotatable bonds is 3. The first-order chi connectivity index (χ1) is 10.2. The number of benzene rings is 1. The van der Waals surface area contributed by atoms with Gasteiger partial charge in [-0.05, 0) is 31.0 Å². The van der Waals surface area contributed by atoms with Crippen molar-refractivity contribution in [2.24, 2.45) is 0 Å². The molecule has 0 atom stereocenters. The Balaban J connectivity index is 1.93. The zero-order valence-corrected chi connectivity index (χ0v) is 12.4. The van der Waals surface area contributed by atoms with Crippen LogP contribution in [-0.2, 0) is 13.0 Å². The summed E-state index contributed by atoms with van der Waals surface area (Å²) in [5.41, 5.74) is 2.70. The van der Waals surface area contributed by atoms with Crippen LogP contribution in [-0.4, -0.2) is 23.9 Å². The molecule has 1 aromatic carbocycles. The third kappa shape index (κ3) is 2.93. The lowest BCUT2D eigenvalue weighted by Gasteiger charge is -2.30. The van der Waals surface area contributed by atoms with Gasteiger partial charge < -0.3 is 9.64 Å². The molecular formula is C15H15ClFN3O. The number of hydrogen-bond acceptors (Lipinski definition) is 4. The topological polar surface area (TPSA) is 38.2 Å². The molecule has 0 amide bonds. The lowest BCUT2D eigenvalue weighted by atomic mass is 10.1. The third-order valence-electron chi connectivity index (χ3n) is 3.60. The first-order valence-corrected chi connectivity index (χ1v) is 7.14. The van der Waals surface area contributed by atoms with E-state index in [9.17, 15) is 4.39 Å². The van der Waals surface area contributed by atoms with Crippen molar-refractivity contribution in [1.82, 2.24) is 10.2 Å². The largest absolute Gasteiger partial charge is 0.496 e. The van der Waals surface area contributed by atoms with Crippen molar-refractivity contribution >= 4 is 17.3 Å². The minimum Gasteiger partial charge on any atom is -0.496 e. The quantitative estimate of drug-likeness (QED) is 0.872. The van der Waals surface area contributed by atoms with Crippen molar-refractivity contribution in [2.45, 2.75) is 19.4 Å². The van der Waals surface area contributed by atoms with Gasteiger partial charge in [0.2, 0.25) is 0 Å². The van der Waals surface area contributed by atoms with Crippen molar-refractivity contribution in [2.75, 3.05) is 18.6 Å². The predicted octanol–water partition coefficient (Wildman–Crippen LogP) is 3.23. The Morgan fingerprint density at radius 2 is 2.19 bits per heavy atom. The molecule has 1 aliphatic heterocycles. The highest BCUT2D eigenvalue weighted by atomic mass is 35.5. The van der Waals surface area contributed by atoms with Gasteiger partial charge in [-0.25, -0.2) is 4.39 Å². The summed E-state index contributed by atoms with van der Waals surface area (Å²) in [6, 6.07) is 6.36. The number of fused-ring (bicyclic) bond motifs is 1. The van der Waals surface area contributed by atoms with Gasteiger partial charge in [0, 0.05) is 24.7 Å². The van der Waals surface area contributed by atoms with Crippen LogP contribution in [0, 0.1) is 5.82 Å². The molecule has 3 rings (SSSR count). The molecule has 6 heteroatoms. The van der Waals surface area contributed by atoms with Crippen molar-refractivity contribution in [3.05, 3.63) is 46.5 Å². The van der Waals surface area contributed by atoms with E-state index in [4.69, 9.17) is 16.3 Å². The molecule has 110 valence electrons. The van der Waals surface area contributed by atoms with E-state index in [1.807, 2.05) is 6.07 Å². The van der Waals surface area contributed by atoms with Crippen molar-refractivity contribution in [3.63, 3.8) is 0 Å². The van der Waals surface area contributed by atoms with Crippen LogP contribution in [0.5, 0.6) is 5.75 Å². The second-order valence-electron chi connectivity index (χ2n) is 4.98. The maximum Gasteiger partial charge on any atom is 0.153 e. The Bertz CT molecular complexity index is 665. The van der Waals surface area contributed by atoms with E-state index in [1.165, 1.54) is 12.1 Å². The number of halogens is 2. The first-order valence-electron chi connectivity index (χ1n) is 6.77. The van der Waals surface area contributed by atoms with Gasteiger partial charge in [0.15, 0.2) is 5.15 Å². The number of nitrogens with zero attached hydrogens (tertiary/aromatic N) is 3. The molecule has 0 aliphatic carbocycles. The number of aromatic nitrogens is 2. The molecule has 0 radical (unpaired) electrons. The Labute approximate surface area is 127 Å². The van der Waals surface area contributed by atoms with Crippen molar-refractivity contribution in [3.8, 4) is 5.75 Å². The highest BCUT2D eigenvalue weighted by molar-refractivity contribution is 6.29. The maximum atomic E-state index is 13.5. The number of methoxy groups -OCH3 is 1. The summed E-state index contributed by atoms with van der Waals surface area (Å²) in [6.45, 7) is 1.42. The van der Waals surface area contributed by atoms with E-state index < -0.39 is 0 Å². The van der Waals surface area contributed by atoms with E-state index in [1.54, 1.807) is 13.2 Å². The fraction of sp³-hybridized carbons (Fsp3) is 0.333. The molecule has 4 nitrogen and oxygen atoms in total. The predicted molar refractivity (Wildman–Crippen MR) is 79.4 cm³/mol. The summed E-state index contributed by atoms with van der Waals surface area (Å²) in [5, 5.41) is 8.40. The summed E-state index contributed by atoms with van der Waals surface area (Å²) in [6.07, 6.45) is 1.87. The molecule has 2 aromatic rings. The van der Waals surface area contributed by atoms with Gasteiger partial charge in [-0.2, -0.15) is 5.10 Å². The standard InChI is InChI=1S/C15H15ClFN3O/c1-21-14-5-4-11(17)7-10(14)9-20-6-2-3-12-13(20)8-15(16)19-18-12/h4-5,7-8H,2-3,6,9H2,1H3. The van der Waals surface area contributed by atoms with Gasteiger partial charge in [0.05, 0.1) is 18.5 Å². The van der Waals surface area contributed by atoms with Crippen LogP contribution in [0.3, 0.4) is 0 Å². The monoisotopic (exact) mass is 307 g/mol. The van der Waals surface area contributed by atoms with Crippen LogP contribution in [0.2, 0.25) is 5.15 Å². The molecule has 1 aliphatic rings. The molecule has 0 spiro atoms. The van der Waals surface area contributed by atoms with E-state index in [-0.39, 0.29) is 5.82 Å². The second-order valence-corrected chi connectivity index (χ2v) is 5.37. The highest BCUT2D eigenvalue weighted by Crippen LogP contribution is 2.30. The summed E-state index contributed by atoms with van der Waals surface area (Å²) >= 11 is 5.94. The molecule has 2 heterocycles. The molecular weight excluding hydrogens is 293 g/mol. The zero-order valence-electron chi connectivity index (χ0n) is 11.6. The Hall–Kier alpha value is -1.88. The van der Waals surface area contributed by atoms with Gasteiger partial charge in [-0.1, -0.05) is 11.6 Å². The minimum absolute atomic E-state index is 0.270. The zero-order chi connectivity index (χ0) is 14.8. The maximum absolute atomic E-state index is 13.5. The van der Waals surface area contributed by atoms with E-state index >= 15 is 0 Å². The van der Waals surface area contributed by atoms with Gasteiger partial charge in [-0.15, -0.1) is 5.10 Å². The normalized spacial score (nSPS) is 14.0. The Kier molecular flexibility index (Phi) is 3.92. The molecule has 1 aromatic heterocycles. The summed E-state index contributed by atoms with van der Waals surface area (Å²) in [5.74, 6) is 0.408. The fourth-order valence-electron chi connectivity index (χ4n) is 2.63. The molecule has 0 saturated heterocycles. The smallest absolute Gasteiger partial charge is 0.153 e. The molecule has 0 saturated carbocycles. The average Bonchev–Trinajstić information content (AvgIpc) is 2.48. The van der Waals surface area contributed by atoms with Crippen molar-refractivity contribution in [1.29, 1.82) is 0 Å². The van der Waals surface area contributed by atoms with E-state index in [2.05, 4.69) is 15.1 Å². The summed E-state index contributed by atoms with van der Waals surface area (Å²) in [4.78, 5) is 2.14. The minimum atomic E-state index is -0.270. The molecule has 21 heavy (non-hydrogen) atoms. The summed E-state index contributed by atoms with van der Waals surface area (Å²) < 4.78 is 18.8. The Morgan fingerprint density at radius 3 is 3.00 bits per heavy atom. The van der Waals surface area contributed by atoms with Crippen LogP contribution in [0.1, 0.15) is 17.7 Å². The SMILES string of the molecule is COc1ccc(F)cc1CN1CCCc2nnc(Cl)cc21. The number of anilines is 1. The van der Waals surface area contributed by atoms with Gasteiger partial charge in [0.1, 0.15) is 11.6 Å². The van der Waals surface area contributed by atoms with Crippen LogP contribution < -0.4 is 9.64 Å². The first kappa shape index (κ1) is 14.1. The van der Waals surface area contributed by atoms with Gasteiger partial charge in [0.25, 0.3) is 0 Å². The highest BCUT2D eigenvalue weighted by Gasteiger charge is 2.20. The van der Waals surface area contributed by atoms with Crippen LogP contribution in [0.15, 0.2) is 24.3 Å². The van der Waals surface area contributed by atoms with E-state index in [0.717, 1.165) is 36.3 Å². The van der Waals surface area contributed by atoms with E-state index in [0.29, 0.717) is 17.4 Å². The van der Waals surface area contributed by atoms with Gasteiger partial charge in [-0.3, -0.25) is 0 Å². The number of hydrogen-bond donors (Lipinski definition) is 0. The molecule has 0 fully saturated rings. The lowest BCUT2D eigenvalue weighted by Crippen LogP contribution is -2.29. The lowest BCUT2D eigenvalue weighted by molar-refractivity contribution is 0.407. The third-order valence-corrected chi connectivity index (χ3v) is 3.79. The van der Waals surface area contributed by atoms with Crippen molar-refractivity contribution < 1.29 is 9.13 Å². The molecule has 0 bridgehead atoms. The van der Waals surface area contributed by atoms with Crippen LogP contribution >= 0.6 is 11.6 Å². The Morgan fingerprint density at radius 1 is 1.33 bits per heavy atom. The van der Waals surface area contributed by atoms with Crippen LogP contribution in [0.25, 0.3) is 0 Å².